The molecular formula is C16H23N5O2. The lowest BCUT2D eigenvalue weighted by Gasteiger charge is -2.34. The van der Waals surface area contributed by atoms with Crippen LogP contribution in [0.2, 0.25) is 0 Å². The fourth-order valence-electron chi connectivity index (χ4n) is 3.09. The lowest BCUT2D eigenvalue weighted by molar-refractivity contribution is 0.0623. The number of carbonyl (C=O) groups excluding carboxylic acids is 1. The molecule has 2 aromatic heterocycles. The topological polar surface area (TPSA) is 65.2 Å². The Morgan fingerprint density at radius 3 is 2.96 bits per heavy atom. The number of nitrogens with zero attached hydrogens (tertiary/aromatic N) is 5. The molecule has 1 aliphatic rings. The van der Waals surface area contributed by atoms with E-state index >= 15 is 0 Å². The molecule has 1 amide bonds. The van der Waals surface area contributed by atoms with Crippen LogP contribution < -0.4 is 0 Å². The number of ether oxygens (including phenoxy) is 1. The van der Waals surface area contributed by atoms with Gasteiger partial charge >= 0.3 is 0 Å². The zero-order valence-electron chi connectivity index (χ0n) is 13.9. The molecule has 3 heterocycles. The molecule has 7 nitrogen and oxygen atoms in total. The first-order valence-electron chi connectivity index (χ1n) is 8.04. The van der Waals surface area contributed by atoms with Crippen molar-refractivity contribution in [1.29, 1.82) is 0 Å². The van der Waals surface area contributed by atoms with E-state index in [-0.39, 0.29) is 11.9 Å². The Hall–Kier alpha value is -2.15. The van der Waals surface area contributed by atoms with Crippen molar-refractivity contribution in [3.05, 3.63) is 35.7 Å². The number of aromatic nitrogens is 4. The third kappa shape index (κ3) is 2.88. The van der Waals surface area contributed by atoms with Gasteiger partial charge in [0, 0.05) is 51.3 Å². The number of amides is 1. The van der Waals surface area contributed by atoms with Gasteiger partial charge in [0.15, 0.2) is 0 Å². The maximum Gasteiger partial charge on any atom is 0.272 e. The number of hydrogen-bond acceptors (Lipinski definition) is 4. The molecule has 0 bridgehead atoms. The van der Waals surface area contributed by atoms with Crippen LogP contribution in [0.5, 0.6) is 0 Å². The van der Waals surface area contributed by atoms with Gasteiger partial charge in [0.1, 0.15) is 11.5 Å². The van der Waals surface area contributed by atoms with Crippen molar-refractivity contribution in [2.24, 2.45) is 7.05 Å². The Kier molecular flexibility index (Phi) is 4.47. The maximum atomic E-state index is 12.7. The summed E-state index contributed by atoms with van der Waals surface area (Å²) in [5, 5.41) is 4.08. The van der Waals surface area contributed by atoms with E-state index < -0.39 is 0 Å². The first-order valence-corrected chi connectivity index (χ1v) is 8.04. The molecule has 0 N–H and O–H groups in total. The fraction of sp³-hybridized carbons (Fsp3) is 0.562. The van der Waals surface area contributed by atoms with Crippen molar-refractivity contribution in [2.75, 3.05) is 19.8 Å². The first-order chi connectivity index (χ1) is 11.1. The Balaban J connectivity index is 1.77. The summed E-state index contributed by atoms with van der Waals surface area (Å²) in [4.78, 5) is 19.1. The summed E-state index contributed by atoms with van der Waals surface area (Å²) in [6, 6.07) is 1.70. The number of carbonyl (C=O) groups is 1. The van der Waals surface area contributed by atoms with Crippen molar-refractivity contribution >= 4 is 5.91 Å². The molecule has 0 fully saturated rings. The number of fused-ring (bicyclic) bond motifs is 1. The predicted octanol–water partition coefficient (Wildman–Crippen LogP) is 1.41. The van der Waals surface area contributed by atoms with Crippen LogP contribution in [0, 0.1) is 0 Å². The minimum Gasteiger partial charge on any atom is -0.381 e. The minimum atomic E-state index is -0.0491. The third-order valence-corrected chi connectivity index (χ3v) is 4.38. The van der Waals surface area contributed by atoms with E-state index in [2.05, 4.69) is 14.6 Å². The highest BCUT2D eigenvalue weighted by Crippen LogP contribution is 2.26. The highest BCUT2D eigenvalue weighted by Gasteiger charge is 2.31. The summed E-state index contributed by atoms with van der Waals surface area (Å²) < 4.78 is 9.26. The molecule has 0 aromatic carbocycles. The van der Waals surface area contributed by atoms with E-state index in [0.29, 0.717) is 18.8 Å². The van der Waals surface area contributed by atoms with Crippen molar-refractivity contribution in [3.63, 3.8) is 0 Å². The van der Waals surface area contributed by atoms with Gasteiger partial charge in [-0.15, -0.1) is 0 Å². The number of aryl methyl sites for hydroxylation is 1. The van der Waals surface area contributed by atoms with Crippen LogP contribution in [-0.4, -0.2) is 49.9 Å². The van der Waals surface area contributed by atoms with Gasteiger partial charge < -0.3 is 14.2 Å². The average molecular weight is 317 g/mol. The summed E-state index contributed by atoms with van der Waals surface area (Å²) in [6.45, 7) is 6.90. The van der Waals surface area contributed by atoms with E-state index in [9.17, 15) is 4.79 Å². The first kappa shape index (κ1) is 15.7. The summed E-state index contributed by atoms with van der Waals surface area (Å²) in [5.41, 5.74) is 1.78. The molecule has 23 heavy (non-hydrogen) atoms. The molecule has 1 aliphatic heterocycles. The second kappa shape index (κ2) is 6.54. The van der Waals surface area contributed by atoms with Crippen LogP contribution in [-0.2, 0) is 24.8 Å². The lowest BCUT2D eigenvalue weighted by Crippen LogP contribution is -2.42. The van der Waals surface area contributed by atoms with Gasteiger partial charge in [0.05, 0.1) is 12.6 Å². The van der Waals surface area contributed by atoms with Gasteiger partial charge in [-0.05, 0) is 19.9 Å². The Bertz CT molecular complexity index is 690. The van der Waals surface area contributed by atoms with Gasteiger partial charge in [0.25, 0.3) is 5.91 Å². The van der Waals surface area contributed by atoms with Crippen LogP contribution in [0.3, 0.4) is 0 Å². The molecule has 0 radical (unpaired) electrons. The summed E-state index contributed by atoms with van der Waals surface area (Å²) in [5.74, 6) is 0.945. The van der Waals surface area contributed by atoms with Gasteiger partial charge in [-0.1, -0.05) is 0 Å². The predicted molar refractivity (Wildman–Crippen MR) is 85.1 cm³/mol. The SMILES string of the molecule is CCOCCc1cnc2n1CCN(C(=O)c1ccnn1C)[C@H]2C. The van der Waals surface area contributed by atoms with E-state index in [1.165, 1.54) is 5.69 Å². The highest BCUT2D eigenvalue weighted by atomic mass is 16.5. The summed E-state index contributed by atoms with van der Waals surface area (Å²) in [6.07, 6.45) is 4.40. The smallest absolute Gasteiger partial charge is 0.272 e. The molecule has 124 valence electrons. The van der Waals surface area contributed by atoms with E-state index in [1.54, 1.807) is 24.0 Å². The van der Waals surface area contributed by atoms with Gasteiger partial charge in [-0.25, -0.2) is 4.98 Å². The van der Waals surface area contributed by atoms with Crippen molar-refractivity contribution in [3.8, 4) is 0 Å². The van der Waals surface area contributed by atoms with Crippen LogP contribution >= 0.6 is 0 Å². The number of imidazole rings is 1. The van der Waals surface area contributed by atoms with E-state index in [0.717, 1.165) is 25.4 Å². The molecular weight excluding hydrogens is 294 g/mol. The molecule has 0 unspecified atom stereocenters. The maximum absolute atomic E-state index is 12.7. The quantitative estimate of drug-likeness (QED) is 0.782. The molecule has 0 spiro atoms. The lowest BCUT2D eigenvalue weighted by atomic mass is 10.2. The zero-order chi connectivity index (χ0) is 16.4. The monoisotopic (exact) mass is 317 g/mol. The number of rotatable bonds is 5. The summed E-state index contributed by atoms with van der Waals surface area (Å²) >= 11 is 0. The normalized spacial score (nSPS) is 17.3. The minimum absolute atomic E-state index is 0.00242. The molecule has 2 aromatic rings. The van der Waals surface area contributed by atoms with E-state index in [1.807, 2.05) is 24.9 Å². The Morgan fingerprint density at radius 2 is 2.26 bits per heavy atom. The highest BCUT2D eigenvalue weighted by molar-refractivity contribution is 5.92. The molecule has 1 atom stereocenters. The van der Waals surface area contributed by atoms with Crippen LogP contribution in [0.15, 0.2) is 18.5 Å². The van der Waals surface area contributed by atoms with E-state index in [4.69, 9.17) is 4.74 Å². The summed E-state index contributed by atoms with van der Waals surface area (Å²) in [7, 11) is 1.79. The second-order valence-electron chi connectivity index (χ2n) is 5.72. The second-order valence-corrected chi connectivity index (χ2v) is 5.72. The molecule has 0 aliphatic carbocycles. The van der Waals surface area contributed by atoms with Crippen molar-refractivity contribution < 1.29 is 9.53 Å². The van der Waals surface area contributed by atoms with Gasteiger partial charge in [-0.2, -0.15) is 5.10 Å². The van der Waals surface area contributed by atoms with Crippen molar-refractivity contribution in [2.45, 2.75) is 32.9 Å². The molecule has 0 saturated heterocycles. The van der Waals surface area contributed by atoms with Gasteiger partial charge in [-0.3, -0.25) is 9.48 Å². The fourth-order valence-corrected chi connectivity index (χ4v) is 3.09. The third-order valence-electron chi connectivity index (χ3n) is 4.38. The average Bonchev–Trinajstić information content (AvgIpc) is 3.14. The largest absolute Gasteiger partial charge is 0.381 e. The molecule has 0 saturated carbocycles. The molecule has 3 rings (SSSR count). The van der Waals surface area contributed by atoms with Crippen LogP contribution in [0.25, 0.3) is 0 Å². The van der Waals surface area contributed by atoms with Crippen molar-refractivity contribution in [1.82, 2.24) is 24.2 Å². The Morgan fingerprint density at radius 1 is 1.43 bits per heavy atom. The van der Waals surface area contributed by atoms with Crippen LogP contribution in [0.1, 0.15) is 41.9 Å². The Labute approximate surface area is 135 Å². The zero-order valence-corrected chi connectivity index (χ0v) is 13.9. The van der Waals surface area contributed by atoms with Gasteiger partial charge in [0.2, 0.25) is 0 Å². The van der Waals surface area contributed by atoms with Crippen LogP contribution in [0.4, 0.5) is 0 Å². The molecule has 7 heteroatoms. The standard InChI is InChI=1S/C16H23N5O2/c1-4-23-10-6-13-11-17-15-12(2)20(8-9-21(13)15)16(22)14-5-7-18-19(14)3/h5,7,11-12H,4,6,8-10H2,1-3H3/t12-/m0/s1. The number of hydrogen-bond donors (Lipinski definition) is 0.